The fourth-order valence-corrected chi connectivity index (χ4v) is 2.38. The molecule has 3 rings (SSSR count). The van der Waals surface area contributed by atoms with Gasteiger partial charge in [0.05, 0.1) is 26.9 Å². The Kier molecular flexibility index (Phi) is 5.23. The van der Waals surface area contributed by atoms with E-state index in [1.165, 1.54) is 13.2 Å². The Morgan fingerprint density at radius 1 is 1.20 bits per heavy atom. The van der Waals surface area contributed by atoms with E-state index in [1.807, 2.05) is 12.1 Å². The number of nitrogens with zero attached hydrogens (tertiary/aromatic N) is 1. The summed E-state index contributed by atoms with van der Waals surface area (Å²) < 4.78 is 30.1. The molecule has 2 aromatic carbocycles. The van der Waals surface area contributed by atoms with Gasteiger partial charge in [-0.2, -0.15) is 0 Å². The Morgan fingerprint density at radius 3 is 2.76 bits per heavy atom. The summed E-state index contributed by atoms with van der Waals surface area (Å²) in [7, 11) is 1.49. The summed E-state index contributed by atoms with van der Waals surface area (Å²) in [4.78, 5) is 4.17. The monoisotopic (exact) mass is 345 g/mol. The summed E-state index contributed by atoms with van der Waals surface area (Å²) in [6.45, 7) is 1.37. The highest BCUT2D eigenvalue weighted by atomic mass is 19.1. The van der Waals surface area contributed by atoms with E-state index in [0.717, 1.165) is 12.1 Å². The maximum Gasteiger partial charge on any atom is 0.193 e. The zero-order valence-electron chi connectivity index (χ0n) is 13.9. The topological polar surface area (TPSA) is 78.1 Å². The molecule has 6 nitrogen and oxygen atoms in total. The number of ether oxygens (including phenoxy) is 3. The first-order valence-electron chi connectivity index (χ1n) is 7.95. The molecule has 0 unspecified atom stereocenters. The minimum Gasteiger partial charge on any atom is -0.497 e. The molecule has 7 heteroatoms. The number of halogens is 1. The van der Waals surface area contributed by atoms with Crippen LogP contribution >= 0.6 is 0 Å². The smallest absolute Gasteiger partial charge is 0.193 e. The molecular weight excluding hydrogens is 325 g/mol. The van der Waals surface area contributed by atoms with Crippen LogP contribution in [0.1, 0.15) is 12.0 Å². The molecule has 0 amide bonds. The summed E-state index contributed by atoms with van der Waals surface area (Å²) >= 11 is 0. The molecular formula is C18H20FN3O3. The third kappa shape index (κ3) is 4.32. The number of rotatable bonds is 4. The van der Waals surface area contributed by atoms with Gasteiger partial charge in [-0.15, -0.1) is 0 Å². The average Bonchev–Trinajstić information content (AvgIpc) is 2.85. The van der Waals surface area contributed by atoms with Crippen molar-refractivity contribution in [1.82, 2.24) is 0 Å². The van der Waals surface area contributed by atoms with Gasteiger partial charge in [-0.3, -0.25) is 0 Å². The predicted octanol–water partition coefficient (Wildman–Crippen LogP) is 2.92. The quantitative estimate of drug-likeness (QED) is 0.658. The normalized spacial score (nSPS) is 13.9. The van der Waals surface area contributed by atoms with Crippen molar-refractivity contribution in [3.8, 4) is 17.2 Å². The molecule has 0 bridgehead atoms. The van der Waals surface area contributed by atoms with Gasteiger partial charge in [-0.05, 0) is 18.2 Å². The second-order valence-corrected chi connectivity index (χ2v) is 5.50. The molecule has 132 valence electrons. The predicted molar refractivity (Wildman–Crippen MR) is 94.0 cm³/mol. The summed E-state index contributed by atoms with van der Waals surface area (Å²) in [6.07, 6.45) is 0.842. The van der Waals surface area contributed by atoms with Crippen LogP contribution in [0.2, 0.25) is 0 Å². The van der Waals surface area contributed by atoms with E-state index in [1.54, 1.807) is 18.2 Å². The van der Waals surface area contributed by atoms with Crippen LogP contribution in [0.15, 0.2) is 41.4 Å². The molecule has 1 heterocycles. The van der Waals surface area contributed by atoms with Crippen LogP contribution in [0.3, 0.4) is 0 Å². The molecule has 1 aliphatic rings. The number of anilines is 1. The lowest BCUT2D eigenvalue weighted by atomic mass is 10.2. The molecule has 2 aromatic rings. The van der Waals surface area contributed by atoms with Crippen LogP contribution < -0.4 is 25.3 Å². The van der Waals surface area contributed by atoms with Gasteiger partial charge in [0.1, 0.15) is 11.6 Å². The SMILES string of the molecule is COc1ccc(CN=C(N)Nc2ccc3c(c2)OCCCO3)c(F)c1. The number of hydrogen-bond acceptors (Lipinski definition) is 4. The van der Waals surface area contributed by atoms with E-state index < -0.39 is 0 Å². The molecule has 25 heavy (non-hydrogen) atoms. The number of methoxy groups -OCH3 is 1. The highest BCUT2D eigenvalue weighted by molar-refractivity contribution is 5.92. The molecule has 3 N–H and O–H groups in total. The minimum absolute atomic E-state index is 0.124. The fourth-order valence-electron chi connectivity index (χ4n) is 2.38. The number of guanidine groups is 1. The standard InChI is InChI=1S/C18H20FN3O3/c1-23-14-5-3-12(15(19)10-14)11-21-18(20)22-13-4-6-16-17(9-13)25-8-2-7-24-16/h3-6,9-10H,2,7-8,11H2,1H3,(H3,20,21,22). The van der Waals surface area contributed by atoms with E-state index in [4.69, 9.17) is 19.9 Å². The van der Waals surface area contributed by atoms with Crippen molar-refractivity contribution in [3.05, 3.63) is 47.8 Å². The van der Waals surface area contributed by atoms with Crippen LogP contribution in [0.5, 0.6) is 17.2 Å². The number of nitrogens with one attached hydrogen (secondary N) is 1. The number of aliphatic imine (C=N–C) groups is 1. The van der Waals surface area contributed by atoms with Crippen molar-refractivity contribution in [2.24, 2.45) is 10.7 Å². The maximum absolute atomic E-state index is 13.9. The lowest BCUT2D eigenvalue weighted by molar-refractivity contribution is 0.297. The van der Waals surface area contributed by atoms with Gasteiger partial charge < -0.3 is 25.3 Å². The Labute approximate surface area is 145 Å². The molecule has 0 fully saturated rings. The first kappa shape index (κ1) is 16.9. The van der Waals surface area contributed by atoms with Gasteiger partial charge in [-0.25, -0.2) is 9.38 Å². The Balaban J connectivity index is 1.66. The third-order valence-electron chi connectivity index (χ3n) is 3.70. The first-order chi connectivity index (χ1) is 12.2. The van der Waals surface area contributed by atoms with Gasteiger partial charge in [0.2, 0.25) is 0 Å². The Hall–Kier alpha value is -2.96. The first-order valence-corrected chi connectivity index (χ1v) is 7.95. The average molecular weight is 345 g/mol. The van der Waals surface area contributed by atoms with Crippen molar-refractivity contribution in [1.29, 1.82) is 0 Å². The van der Waals surface area contributed by atoms with Gasteiger partial charge in [-0.1, -0.05) is 6.07 Å². The molecule has 0 aliphatic carbocycles. The van der Waals surface area contributed by atoms with E-state index in [2.05, 4.69) is 10.3 Å². The van der Waals surface area contributed by atoms with E-state index in [-0.39, 0.29) is 18.3 Å². The molecule has 0 aromatic heterocycles. The van der Waals surface area contributed by atoms with E-state index >= 15 is 0 Å². The molecule has 0 atom stereocenters. The number of benzene rings is 2. The molecule has 1 aliphatic heterocycles. The summed E-state index contributed by atoms with van der Waals surface area (Å²) in [5.74, 6) is 1.63. The third-order valence-corrected chi connectivity index (χ3v) is 3.70. The zero-order chi connectivity index (χ0) is 17.6. The Bertz CT molecular complexity index is 780. The summed E-state index contributed by atoms with van der Waals surface area (Å²) in [5, 5.41) is 2.97. The Morgan fingerprint density at radius 2 is 2.00 bits per heavy atom. The van der Waals surface area contributed by atoms with E-state index in [9.17, 15) is 4.39 Å². The van der Waals surface area contributed by atoms with Crippen LogP contribution in [0.4, 0.5) is 10.1 Å². The van der Waals surface area contributed by atoms with Crippen molar-refractivity contribution in [2.45, 2.75) is 13.0 Å². The largest absolute Gasteiger partial charge is 0.497 e. The van der Waals surface area contributed by atoms with Crippen LogP contribution in [0.25, 0.3) is 0 Å². The second kappa shape index (κ2) is 7.74. The second-order valence-electron chi connectivity index (χ2n) is 5.50. The van der Waals surface area contributed by atoms with Crippen molar-refractivity contribution >= 4 is 11.6 Å². The maximum atomic E-state index is 13.9. The molecule has 0 saturated heterocycles. The van der Waals surface area contributed by atoms with Crippen LogP contribution in [0, 0.1) is 5.82 Å². The fraction of sp³-hybridized carbons (Fsp3) is 0.278. The van der Waals surface area contributed by atoms with Gasteiger partial charge in [0, 0.05) is 29.8 Å². The van der Waals surface area contributed by atoms with Gasteiger partial charge in [0.15, 0.2) is 17.5 Å². The number of nitrogens with two attached hydrogens (primary N) is 1. The van der Waals surface area contributed by atoms with Crippen LogP contribution in [-0.2, 0) is 6.54 Å². The molecule has 0 saturated carbocycles. The van der Waals surface area contributed by atoms with Crippen LogP contribution in [-0.4, -0.2) is 26.3 Å². The summed E-state index contributed by atoms with van der Waals surface area (Å²) in [6, 6.07) is 10.1. The lowest BCUT2D eigenvalue weighted by Gasteiger charge is -2.11. The highest BCUT2D eigenvalue weighted by Gasteiger charge is 2.11. The zero-order valence-corrected chi connectivity index (χ0v) is 13.9. The summed E-state index contributed by atoms with van der Waals surface area (Å²) in [5.41, 5.74) is 7.04. The number of fused-ring (bicyclic) bond motifs is 1. The van der Waals surface area contributed by atoms with Crippen molar-refractivity contribution in [2.75, 3.05) is 25.6 Å². The van der Waals surface area contributed by atoms with Crippen molar-refractivity contribution in [3.63, 3.8) is 0 Å². The van der Waals surface area contributed by atoms with Gasteiger partial charge >= 0.3 is 0 Å². The lowest BCUT2D eigenvalue weighted by Crippen LogP contribution is -2.22. The molecule has 0 radical (unpaired) electrons. The van der Waals surface area contributed by atoms with E-state index in [0.29, 0.717) is 36.0 Å². The highest BCUT2D eigenvalue weighted by Crippen LogP contribution is 2.32. The van der Waals surface area contributed by atoms with Gasteiger partial charge in [0.25, 0.3) is 0 Å². The number of hydrogen-bond donors (Lipinski definition) is 2. The molecule has 0 spiro atoms. The van der Waals surface area contributed by atoms with Crippen molar-refractivity contribution < 1.29 is 18.6 Å². The minimum atomic E-state index is -0.383.